The second-order valence-corrected chi connectivity index (χ2v) is 4.06. The number of carbonyl (C=O) groups is 1. The van der Waals surface area contributed by atoms with Gasteiger partial charge in [-0.15, -0.1) is 0 Å². The molecule has 0 saturated carbocycles. The molecule has 0 atom stereocenters. The van der Waals surface area contributed by atoms with E-state index in [1.165, 1.54) is 12.5 Å². The third-order valence-corrected chi connectivity index (χ3v) is 2.56. The minimum Gasteiger partial charge on any atom is -0.497 e. The third-order valence-electron chi connectivity index (χ3n) is 2.36. The van der Waals surface area contributed by atoms with Gasteiger partial charge in [0.05, 0.1) is 18.9 Å². The predicted octanol–water partition coefficient (Wildman–Crippen LogP) is 2.42. The summed E-state index contributed by atoms with van der Waals surface area (Å²) in [4.78, 5) is 11.7. The van der Waals surface area contributed by atoms with E-state index in [1.54, 1.807) is 37.4 Å². The van der Waals surface area contributed by atoms with Crippen molar-refractivity contribution in [3.8, 4) is 5.75 Å². The van der Waals surface area contributed by atoms with Gasteiger partial charge in [-0.25, -0.2) is 0 Å². The van der Waals surface area contributed by atoms with Crippen LogP contribution in [0.3, 0.4) is 0 Å². The number of carbonyl (C=O) groups excluding carboxylic acids is 1. The third kappa shape index (κ3) is 3.56. The minimum absolute atomic E-state index is 0.219. The van der Waals surface area contributed by atoms with E-state index < -0.39 is 0 Å². The quantitative estimate of drug-likeness (QED) is 0.843. The number of methoxy groups -OCH3 is 1. The van der Waals surface area contributed by atoms with Crippen molar-refractivity contribution in [2.45, 2.75) is 0 Å². The number of benzene rings is 1. The van der Waals surface area contributed by atoms with Crippen LogP contribution in [0.2, 0.25) is 0 Å². The summed E-state index contributed by atoms with van der Waals surface area (Å²) in [5, 5.41) is 5.67. The zero-order valence-corrected chi connectivity index (χ0v) is 11.0. The summed E-state index contributed by atoms with van der Waals surface area (Å²) in [6, 6.07) is 8.75. The van der Waals surface area contributed by atoms with Gasteiger partial charge in [0.25, 0.3) is 5.91 Å². The maximum Gasteiger partial charge on any atom is 0.260 e. The van der Waals surface area contributed by atoms with Crippen LogP contribution in [-0.2, 0) is 0 Å². The molecule has 1 heterocycles. The molecule has 1 aromatic heterocycles. The van der Waals surface area contributed by atoms with Crippen LogP contribution < -0.4 is 15.4 Å². The molecule has 2 aromatic rings. The number of anilines is 1. The summed E-state index contributed by atoms with van der Waals surface area (Å²) >= 11 is 5.04. The summed E-state index contributed by atoms with van der Waals surface area (Å²) in [6.45, 7) is 0. The van der Waals surface area contributed by atoms with Gasteiger partial charge in [-0.1, -0.05) is 0 Å². The highest BCUT2D eigenvalue weighted by Gasteiger charge is 2.08. The fourth-order valence-electron chi connectivity index (χ4n) is 1.41. The van der Waals surface area contributed by atoms with Crippen LogP contribution >= 0.6 is 12.2 Å². The Morgan fingerprint density at radius 3 is 2.58 bits per heavy atom. The summed E-state index contributed by atoms with van der Waals surface area (Å²) in [7, 11) is 1.60. The zero-order valence-electron chi connectivity index (χ0n) is 10.2. The molecule has 5 nitrogen and oxygen atoms in total. The molecule has 2 N–H and O–H groups in total. The smallest absolute Gasteiger partial charge is 0.260 e. The van der Waals surface area contributed by atoms with Gasteiger partial charge in [0.15, 0.2) is 5.11 Å². The maximum atomic E-state index is 11.7. The maximum absolute atomic E-state index is 11.7. The van der Waals surface area contributed by atoms with E-state index in [0.29, 0.717) is 5.56 Å². The highest BCUT2D eigenvalue weighted by atomic mass is 32.1. The van der Waals surface area contributed by atoms with Crippen LogP contribution in [0.4, 0.5) is 5.69 Å². The lowest BCUT2D eigenvalue weighted by atomic mass is 10.3. The van der Waals surface area contributed by atoms with E-state index in [0.717, 1.165) is 11.4 Å². The number of thiocarbonyl (C=S) groups is 1. The van der Waals surface area contributed by atoms with Crippen molar-refractivity contribution >= 4 is 28.9 Å². The van der Waals surface area contributed by atoms with Crippen LogP contribution in [0.1, 0.15) is 10.4 Å². The van der Waals surface area contributed by atoms with Gasteiger partial charge in [0.1, 0.15) is 12.0 Å². The lowest BCUT2D eigenvalue weighted by Crippen LogP contribution is -2.33. The first-order valence-electron chi connectivity index (χ1n) is 5.47. The number of ether oxygens (including phenoxy) is 1. The molecule has 1 amide bonds. The molecule has 0 aliphatic heterocycles. The van der Waals surface area contributed by atoms with Crippen LogP contribution in [0.15, 0.2) is 47.3 Å². The fourth-order valence-corrected chi connectivity index (χ4v) is 1.62. The van der Waals surface area contributed by atoms with Crippen molar-refractivity contribution in [3.05, 3.63) is 48.4 Å². The lowest BCUT2D eigenvalue weighted by Gasteiger charge is -2.09. The molecule has 0 radical (unpaired) electrons. The Hall–Kier alpha value is -2.34. The minimum atomic E-state index is -0.320. The van der Waals surface area contributed by atoms with Crippen molar-refractivity contribution in [2.75, 3.05) is 12.4 Å². The number of nitrogens with one attached hydrogen (secondary N) is 2. The molecular weight excluding hydrogens is 264 g/mol. The average Bonchev–Trinajstić information content (AvgIpc) is 2.93. The Labute approximate surface area is 115 Å². The molecule has 98 valence electrons. The monoisotopic (exact) mass is 276 g/mol. The Morgan fingerprint density at radius 1 is 1.26 bits per heavy atom. The van der Waals surface area contributed by atoms with Gasteiger partial charge in [0, 0.05) is 5.69 Å². The molecule has 2 rings (SSSR count). The second-order valence-electron chi connectivity index (χ2n) is 3.65. The second kappa shape index (κ2) is 6.01. The molecule has 6 heteroatoms. The number of amides is 1. The van der Waals surface area contributed by atoms with Crippen LogP contribution in [0.25, 0.3) is 0 Å². The van der Waals surface area contributed by atoms with Gasteiger partial charge >= 0.3 is 0 Å². The molecule has 1 aromatic carbocycles. The summed E-state index contributed by atoms with van der Waals surface area (Å²) in [6.07, 6.45) is 2.78. The summed E-state index contributed by atoms with van der Waals surface area (Å²) in [5.74, 6) is 0.429. The van der Waals surface area contributed by atoms with Crippen LogP contribution in [0.5, 0.6) is 5.75 Å². The number of hydrogen-bond acceptors (Lipinski definition) is 4. The van der Waals surface area contributed by atoms with Crippen molar-refractivity contribution in [1.29, 1.82) is 0 Å². The summed E-state index contributed by atoms with van der Waals surface area (Å²) < 4.78 is 9.87. The lowest BCUT2D eigenvalue weighted by molar-refractivity contribution is 0.0977. The van der Waals surface area contributed by atoms with Gasteiger partial charge < -0.3 is 14.5 Å². The standard InChI is InChI=1S/C13H12N2O3S/c1-17-11-4-2-10(3-5-11)14-13(19)15-12(16)9-6-7-18-8-9/h2-8H,1H3,(H2,14,15,16,19). The van der Waals surface area contributed by atoms with Gasteiger partial charge in [-0.2, -0.15) is 0 Å². The topological polar surface area (TPSA) is 63.5 Å². The van der Waals surface area contributed by atoms with Gasteiger partial charge in [-0.3, -0.25) is 10.1 Å². The van der Waals surface area contributed by atoms with Crippen LogP contribution in [-0.4, -0.2) is 18.1 Å². The molecule has 0 unspecified atom stereocenters. The molecule has 0 aliphatic rings. The Kier molecular flexibility index (Phi) is 4.15. The molecule has 0 spiro atoms. The van der Waals surface area contributed by atoms with Crippen molar-refractivity contribution < 1.29 is 13.9 Å². The van der Waals surface area contributed by atoms with E-state index in [2.05, 4.69) is 10.6 Å². The van der Waals surface area contributed by atoms with E-state index in [4.69, 9.17) is 21.4 Å². The SMILES string of the molecule is COc1ccc(NC(=S)NC(=O)c2ccoc2)cc1. The fraction of sp³-hybridized carbons (Fsp3) is 0.0769. The van der Waals surface area contributed by atoms with E-state index in [9.17, 15) is 4.79 Å². The molecule has 19 heavy (non-hydrogen) atoms. The Morgan fingerprint density at radius 2 is 2.00 bits per heavy atom. The van der Waals surface area contributed by atoms with Crippen molar-refractivity contribution in [2.24, 2.45) is 0 Å². The molecular formula is C13H12N2O3S. The Balaban J connectivity index is 1.92. The highest BCUT2D eigenvalue weighted by Crippen LogP contribution is 2.14. The first kappa shape index (κ1) is 13.1. The predicted molar refractivity (Wildman–Crippen MR) is 75.4 cm³/mol. The first-order valence-corrected chi connectivity index (χ1v) is 5.88. The normalized spacial score (nSPS) is 9.74. The van der Waals surface area contributed by atoms with E-state index in [-0.39, 0.29) is 11.0 Å². The largest absolute Gasteiger partial charge is 0.497 e. The number of hydrogen-bond donors (Lipinski definition) is 2. The molecule has 0 saturated heterocycles. The zero-order chi connectivity index (χ0) is 13.7. The van der Waals surface area contributed by atoms with Gasteiger partial charge in [0.2, 0.25) is 0 Å². The number of furan rings is 1. The Bertz CT molecular complexity index is 564. The average molecular weight is 276 g/mol. The van der Waals surface area contributed by atoms with E-state index in [1.807, 2.05) is 0 Å². The van der Waals surface area contributed by atoms with E-state index >= 15 is 0 Å². The van der Waals surface area contributed by atoms with Gasteiger partial charge in [-0.05, 0) is 42.5 Å². The molecule has 0 bridgehead atoms. The summed E-state index contributed by atoms with van der Waals surface area (Å²) in [5.41, 5.74) is 1.18. The van der Waals surface area contributed by atoms with Crippen LogP contribution in [0, 0.1) is 0 Å². The first-order chi connectivity index (χ1) is 9.19. The molecule has 0 aliphatic carbocycles. The van der Waals surface area contributed by atoms with Crippen molar-refractivity contribution in [3.63, 3.8) is 0 Å². The van der Waals surface area contributed by atoms with Crippen molar-refractivity contribution in [1.82, 2.24) is 5.32 Å². The highest BCUT2D eigenvalue weighted by molar-refractivity contribution is 7.80. The molecule has 0 fully saturated rings. The number of rotatable bonds is 3.